The summed E-state index contributed by atoms with van der Waals surface area (Å²) >= 11 is 0. The molecule has 0 bridgehead atoms. The van der Waals surface area contributed by atoms with Crippen molar-refractivity contribution in [3.8, 4) is 0 Å². The minimum Gasteiger partial charge on any atom is -0.478 e. The van der Waals surface area contributed by atoms with Crippen LogP contribution in [0.15, 0.2) is 18.2 Å². The lowest BCUT2D eigenvalue weighted by Gasteiger charge is -2.21. The number of benzene rings is 1. The number of carbonyl (C=O) groups is 1. The highest BCUT2D eigenvalue weighted by Gasteiger charge is 2.22. The Morgan fingerprint density at radius 2 is 2.00 bits per heavy atom. The molecule has 2 rings (SSSR count). The Balaban J connectivity index is 2.02. The molecule has 1 aliphatic rings. The fraction of sp³-hybridized carbons (Fsp3) is 0.500. The predicted octanol–water partition coefficient (Wildman–Crippen LogP) is 1.86. The first kappa shape index (κ1) is 13.1. The Bertz CT molecular complexity index is 463. The van der Waals surface area contributed by atoms with Gasteiger partial charge in [-0.25, -0.2) is 4.79 Å². The van der Waals surface area contributed by atoms with Crippen LogP contribution >= 0.6 is 0 Å². The maximum absolute atomic E-state index is 10.9. The molecule has 0 amide bonds. The lowest BCUT2D eigenvalue weighted by Crippen LogP contribution is -2.27. The van der Waals surface area contributed by atoms with Crippen LogP contribution in [0.2, 0.25) is 0 Å². The van der Waals surface area contributed by atoms with Gasteiger partial charge in [-0.15, -0.1) is 0 Å². The number of aromatic carboxylic acids is 1. The molecule has 0 radical (unpaired) electrons. The van der Waals surface area contributed by atoms with Crippen molar-refractivity contribution >= 4 is 5.97 Å². The van der Waals surface area contributed by atoms with Crippen molar-refractivity contribution < 1.29 is 15.0 Å². The Morgan fingerprint density at radius 3 is 2.61 bits per heavy atom. The van der Waals surface area contributed by atoms with Crippen LogP contribution in [0, 0.1) is 0 Å². The van der Waals surface area contributed by atoms with Crippen LogP contribution < -0.4 is 0 Å². The van der Waals surface area contributed by atoms with Crippen molar-refractivity contribution in [2.45, 2.75) is 39.0 Å². The number of rotatable bonds is 4. The minimum atomic E-state index is -0.882. The summed E-state index contributed by atoms with van der Waals surface area (Å²) in [5, 5.41) is 18.7. The standard InChI is InChI=1S/C14H19NO3/c1-14(2,18)5-6-15-8-11-4-3-10(13(16)17)7-12(11)9-15/h3-4,7,18H,5-6,8-9H2,1-2H3,(H,16,17). The van der Waals surface area contributed by atoms with Crippen molar-refractivity contribution in [3.05, 3.63) is 34.9 Å². The van der Waals surface area contributed by atoms with E-state index in [4.69, 9.17) is 5.11 Å². The summed E-state index contributed by atoms with van der Waals surface area (Å²) in [6, 6.07) is 5.30. The van der Waals surface area contributed by atoms with E-state index in [2.05, 4.69) is 4.90 Å². The van der Waals surface area contributed by atoms with Gasteiger partial charge in [0.15, 0.2) is 0 Å². The van der Waals surface area contributed by atoms with Crippen LogP contribution in [-0.2, 0) is 13.1 Å². The zero-order valence-corrected chi connectivity index (χ0v) is 10.8. The average molecular weight is 249 g/mol. The summed E-state index contributed by atoms with van der Waals surface area (Å²) in [5.74, 6) is -0.882. The monoisotopic (exact) mass is 249 g/mol. The fourth-order valence-electron chi connectivity index (χ4n) is 2.19. The first-order valence-corrected chi connectivity index (χ1v) is 6.15. The SMILES string of the molecule is CC(C)(O)CCN1Cc2ccc(C(=O)O)cc2C1. The lowest BCUT2D eigenvalue weighted by molar-refractivity contribution is 0.0571. The van der Waals surface area contributed by atoms with Crippen LogP contribution in [0.4, 0.5) is 0 Å². The van der Waals surface area contributed by atoms with E-state index in [1.165, 1.54) is 5.56 Å². The van der Waals surface area contributed by atoms with E-state index in [9.17, 15) is 9.90 Å². The summed E-state index contributed by atoms with van der Waals surface area (Å²) in [4.78, 5) is 13.1. The third-order valence-electron chi connectivity index (χ3n) is 3.28. The topological polar surface area (TPSA) is 60.8 Å². The van der Waals surface area contributed by atoms with Crippen molar-refractivity contribution in [2.24, 2.45) is 0 Å². The van der Waals surface area contributed by atoms with Gasteiger partial charge in [0.1, 0.15) is 0 Å². The second-order valence-electron chi connectivity index (χ2n) is 5.56. The summed E-state index contributed by atoms with van der Waals surface area (Å²) in [6.45, 7) is 6.04. The molecule has 0 aromatic heterocycles. The molecule has 1 aliphatic heterocycles. The van der Waals surface area contributed by atoms with Crippen LogP contribution in [-0.4, -0.2) is 33.2 Å². The Morgan fingerprint density at radius 1 is 1.33 bits per heavy atom. The number of hydrogen-bond acceptors (Lipinski definition) is 3. The number of hydrogen-bond donors (Lipinski definition) is 2. The third-order valence-corrected chi connectivity index (χ3v) is 3.28. The van der Waals surface area contributed by atoms with Gasteiger partial charge in [-0.05, 0) is 43.5 Å². The average Bonchev–Trinajstić information content (AvgIpc) is 2.66. The van der Waals surface area contributed by atoms with Crippen LogP contribution in [0.3, 0.4) is 0 Å². The number of nitrogens with zero attached hydrogens (tertiary/aromatic N) is 1. The Kier molecular flexibility index (Phi) is 3.41. The van der Waals surface area contributed by atoms with E-state index in [0.717, 1.165) is 25.2 Å². The molecule has 0 atom stereocenters. The van der Waals surface area contributed by atoms with E-state index in [1.54, 1.807) is 26.0 Å². The first-order valence-electron chi connectivity index (χ1n) is 6.15. The summed E-state index contributed by atoms with van der Waals surface area (Å²) < 4.78 is 0. The summed E-state index contributed by atoms with van der Waals surface area (Å²) in [7, 11) is 0. The van der Waals surface area contributed by atoms with Crippen LogP contribution in [0.1, 0.15) is 41.8 Å². The zero-order valence-electron chi connectivity index (χ0n) is 10.8. The quantitative estimate of drug-likeness (QED) is 0.855. The molecule has 0 spiro atoms. The molecular weight excluding hydrogens is 230 g/mol. The second kappa shape index (κ2) is 4.71. The molecule has 0 aliphatic carbocycles. The van der Waals surface area contributed by atoms with Gasteiger partial charge in [0.25, 0.3) is 0 Å². The van der Waals surface area contributed by atoms with Gasteiger partial charge in [-0.1, -0.05) is 6.07 Å². The summed E-state index contributed by atoms with van der Waals surface area (Å²) in [5.41, 5.74) is 1.97. The van der Waals surface area contributed by atoms with Crippen molar-refractivity contribution in [2.75, 3.05) is 6.54 Å². The maximum atomic E-state index is 10.9. The van der Waals surface area contributed by atoms with E-state index < -0.39 is 11.6 Å². The van der Waals surface area contributed by atoms with Gasteiger partial charge >= 0.3 is 5.97 Å². The second-order valence-corrected chi connectivity index (χ2v) is 5.56. The molecule has 0 fully saturated rings. The highest BCUT2D eigenvalue weighted by atomic mass is 16.4. The predicted molar refractivity (Wildman–Crippen MR) is 68.4 cm³/mol. The van der Waals surface area contributed by atoms with Gasteiger partial charge in [0.05, 0.1) is 11.2 Å². The summed E-state index contributed by atoms with van der Waals surface area (Å²) in [6.07, 6.45) is 0.715. The molecule has 18 heavy (non-hydrogen) atoms. The molecule has 2 N–H and O–H groups in total. The Labute approximate surface area is 107 Å². The molecule has 1 aromatic rings. The van der Waals surface area contributed by atoms with E-state index >= 15 is 0 Å². The van der Waals surface area contributed by atoms with Crippen LogP contribution in [0.5, 0.6) is 0 Å². The van der Waals surface area contributed by atoms with Crippen molar-refractivity contribution in [3.63, 3.8) is 0 Å². The maximum Gasteiger partial charge on any atom is 0.335 e. The molecule has 0 unspecified atom stereocenters. The normalized spacial score (nSPS) is 15.7. The van der Waals surface area contributed by atoms with E-state index in [1.807, 2.05) is 6.07 Å². The van der Waals surface area contributed by atoms with E-state index in [-0.39, 0.29) is 0 Å². The zero-order chi connectivity index (χ0) is 13.3. The Hall–Kier alpha value is -1.39. The van der Waals surface area contributed by atoms with Gasteiger partial charge in [0.2, 0.25) is 0 Å². The van der Waals surface area contributed by atoms with Crippen molar-refractivity contribution in [1.82, 2.24) is 4.90 Å². The molecule has 4 nitrogen and oxygen atoms in total. The van der Waals surface area contributed by atoms with Crippen molar-refractivity contribution in [1.29, 1.82) is 0 Å². The van der Waals surface area contributed by atoms with Gasteiger partial charge in [-0.2, -0.15) is 0 Å². The molecular formula is C14H19NO3. The van der Waals surface area contributed by atoms with Gasteiger partial charge in [-0.3, -0.25) is 4.90 Å². The molecule has 1 aromatic carbocycles. The molecule has 1 heterocycles. The molecule has 98 valence electrons. The van der Waals surface area contributed by atoms with Gasteiger partial charge in [0, 0.05) is 19.6 Å². The molecule has 0 saturated heterocycles. The van der Waals surface area contributed by atoms with Crippen LogP contribution in [0.25, 0.3) is 0 Å². The third kappa shape index (κ3) is 3.09. The lowest BCUT2D eigenvalue weighted by atomic mass is 10.1. The largest absolute Gasteiger partial charge is 0.478 e. The highest BCUT2D eigenvalue weighted by molar-refractivity contribution is 5.87. The number of carboxylic acid groups (broad SMARTS) is 1. The molecule has 4 heteroatoms. The number of carboxylic acids is 1. The van der Waals surface area contributed by atoms with Gasteiger partial charge < -0.3 is 10.2 Å². The smallest absolute Gasteiger partial charge is 0.335 e. The minimum absolute atomic E-state index is 0.345. The number of aliphatic hydroxyl groups is 1. The number of fused-ring (bicyclic) bond motifs is 1. The first-order chi connectivity index (χ1) is 8.35. The fourth-order valence-corrected chi connectivity index (χ4v) is 2.19. The van der Waals surface area contributed by atoms with E-state index in [0.29, 0.717) is 12.0 Å². The highest BCUT2D eigenvalue weighted by Crippen LogP contribution is 2.24. The molecule has 0 saturated carbocycles.